The van der Waals surface area contributed by atoms with Crippen LogP contribution in [0, 0.1) is 0 Å². The number of carbonyl (C=O) groups is 1. The predicted molar refractivity (Wildman–Crippen MR) is 62.8 cm³/mol. The lowest BCUT2D eigenvalue weighted by Gasteiger charge is -2.01. The molecule has 0 saturated carbocycles. The number of H-pyrrole nitrogens is 1. The van der Waals surface area contributed by atoms with Gasteiger partial charge in [0.05, 0.1) is 14.4 Å². The van der Waals surface area contributed by atoms with Gasteiger partial charge >= 0.3 is 11.7 Å². The van der Waals surface area contributed by atoms with Crippen LogP contribution in [0.4, 0.5) is 0 Å². The van der Waals surface area contributed by atoms with E-state index in [4.69, 9.17) is 5.11 Å². The summed E-state index contributed by atoms with van der Waals surface area (Å²) in [6, 6.07) is 3.51. The molecule has 0 unspecified atom stereocenters. The molecule has 0 spiro atoms. The van der Waals surface area contributed by atoms with E-state index in [1.807, 2.05) is 0 Å². The molecule has 0 amide bonds. The van der Waals surface area contributed by atoms with E-state index in [1.54, 1.807) is 12.1 Å². The first-order valence-electron chi connectivity index (χ1n) is 4.16. The topological polar surface area (TPSA) is 83.0 Å². The Morgan fingerprint density at radius 3 is 2.81 bits per heavy atom. The molecule has 7 heteroatoms. The molecule has 2 aromatic heterocycles. The number of nitrogens with one attached hydrogen (secondary N) is 1. The summed E-state index contributed by atoms with van der Waals surface area (Å²) < 4.78 is 0.858. The van der Waals surface area contributed by atoms with Gasteiger partial charge in [-0.05, 0) is 28.1 Å². The minimum Gasteiger partial charge on any atom is -0.478 e. The molecule has 0 aliphatic heterocycles. The number of thiophene rings is 1. The number of nitrogens with zero attached hydrogens (tertiary/aromatic N) is 1. The summed E-state index contributed by atoms with van der Waals surface area (Å²) in [5.41, 5.74) is -0.304. The van der Waals surface area contributed by atoms with Crippen LogP contribution in [0.5, 0.6) is 0 Å². The fourth-order valence-corrected chi connectivity index (χ4v) is 2.60. The highest BCUT2D eigenvalue weighted by Gasteiger charge is 2.14. The first-order valence-corrected chi connectivity index (χ1v) is 5.77. The fraction of sp³-hybridized carbons (Fsp3) is 0. The van der Waals surface area contributed by atoms with E-state index in [2.05, 4.69) is 25.9 Å². The van der Waals surface area contributed by atoms with Gasteiger partial charge in [0.1, 0.15) is 5.56 Å². The summed E-state index contributed by atoms with van der Waals surface area (Å²) >= 11 is 4.61. The molecule has 0 saturated heterocycles. The molecule has 0 aliphatic rings. The second-order valence-electron chi connectivity index (χ2n) is 2.89. The summed E-state index contributed by atoms with van der Waals surface area (Å²) in [7, 11) is 0. The second kappa shape index (κ2) is 4.18. The predicted octanol–water partition coefficient (Wildman–Crippen LogP) is 1.96. The van der Waals surface area contributed by atoms with Crippen molar-refractivity contribution >= 4 is 33.2 Å². The number of aromatic nitrogens is 2. The number of hydrogen-bond donors (Lipinski definition) is 2. The molecule has 2 rings (SSSR count). The van der Waals surface area contributed by atoms with Crippen molar-refractivity contribution in [2.45, 2.75) is 0 Å². The molecule has 0 fully saturated rings. The minimum atomic E-state index is -1.12. The normalized spacial score (nSPS) is 10.3. The SMILES string of the molecule is O=C(O)c1cnc(=O)[nH]c1-c1ccc(Br)s1. The van der Waals surface area contributed by atoms with Crippen molar-refractivity contribution in [2.75, 3.05) is 0 Å². The number of carboxylic acids is 1. The lowest BCUT2D eigenvalue weighted by Crippen LogP contribution is -2.14. The molecule has 82 valence electrons. The summed E-state index contributed by atoms with van der Waals surface area (Å²) in [6.45, 7) is 0. The van der Waals surface area contributed by atoms with Crippen LogP contribution in [0.2, 0.25) is 0 Å². The van der Waals surface area contributed by atoms with Gasteiger partial charge in [0, 0.05) is 6.20 Å². The van der Waals surface area contributed by atoms with E-state index in [1.165, 1.54) is 11.3 Å². The van der Waals surface area contributed by atoms with Gasteiger partial charge in [0.25, 0.3) is 0 Å². The number of halogens is 1. The highest BCUT2D eigenvalue weighted by atomic mass is 79.9. The first-order chi connectivity index (χ1) is 7.58. The van der Waals surface area contributed by atoms with Crippen LogP contribution in [-0.4, -0.2) is 21.0 Å². The Morgan fingerprint density at radius 1 is 1.50 bits per heavy atom. The monoisotopic (exact) mass is 300 g/mol. The standard InChI is InChI=1S/C9H5BrN2O3S/c10-6-2-1-5(16-6)7-4(8(13)14)3-11-9(15)12-7/h1-3H,(H,13,14)(H,11,12,15). The molecule has 2 aromatic rings. The maximum absolute atomic E-state index is 11.1. The molecule has 0 aromatic carbocycles. The molecule has 2 N–H and O–H groups in total. The third-order valence-corrected chi connectivity index (χ3v) is 3.50. The maximum Gasteiger partial charge on any atom is 0.345 e. The summed E-state index contributed by atoms with van der Waals surface area (Å²) in [4.78, 5) is 28.5. The number of rotatable bonds is 2. The van der Waals surface area contributed by atoms with Crippen LogP contribution in [0.1, 0.15) is 10.4 Å². The van der Waals surface area contributed by atoms with Gasteiger partial charge in [-0.3, -0.25) is 0 Å². The number of hydrogen-bond acceptors (Lipinski definition) is 4. The Kier molecular flexibility index (Phi) is 2.88. The minimum absolute atomic E-state index is 0.0195. The Labute approximate surface area is 102 Å². The zero-order chi connectivity index (χ0) is 11.7. The van der Waals surface area contributed by atoms with Crippen LogP contribution in [0.15, 0.2) is 26.9 Å². The van der Waals surface area contributed by atoms with Crippen molar-refractivity contribution in [1.29, 1.82) is 0 Å². The Bertz CT molecular complexity index is 605. The lowest BCUT2D eigenvalue weighted by atomic mass is 10.2. The van der Waals surface area contributed by atoms with Gasteiger partial charge in [-0.15, -0.1) is 11.3 Å². The van der Waals surface area contributed by atoms with Gasteiger partial charge in [-0.25, -0.2) is 14.6 Å². The van der Waals surface area contributed by atoms with E-state index in [0.717, 1.165) is 9.98 Å². The zero-order valence-electron chi connectivity index (χ0n) is 7.73. The highest BCUT2D eigenvalue weighted by molar-refractivity contribution is 9.11. The van der Waals surface area contributed by atoms with Crippen LogP contribution in [0.3, 0.4) is 0 Å². The molecule has 16 heavy (non-hydrogen) atoms. The van der Waals surface area contributed by atoms with E-state index in [0.29, 0.717) is 4.88 Å². The molecule has 0 bridgehead atoms. The maximum atomic E-state index is 11.1. The van der Waals surface area contributed by atoms with Crippen molar-refractivity contribution < 1.29 is 9.90 Å². The Balaban J connectivity index is 2.67. The summed E-state index contributed by atoms with van der Waals surface area (Å²) in [5, 5.41) is 8.96. The number of aromatic amines is 1. The van der Waals surface area contributed by atoms with Crippen LogP contribution in [0.25, 0.3) is 10.6 Å². The van der Waals surface area contributed by atoms with E-state index >= 15 is 0 Å². The van der Waals surface area contributed by atoms with E-state index in [-0.39, 0.29) is 11.3 Å². The number of aromatic carboxylic acids is 1. The fourth-order valence-electron chi connectivity index (χ4n) is 1.20. The lowest BCUT2D eigenvalue weighted by molar-refractivity contribution is 0.0697. The number of carboxylic acid groups (broad SMARTS) is 1. The molecular weight excluding hydrogens is 296 g/mol. The third kappa shape index (κ3) is 2.05. The largest absolute Gasteiger partial charge is 0.478 e. The first kappa shape index (κ1) is 11.0. The molecule has 2 heterocycles. The quantitative estimate of drug-likeness (QED) is 0.888. The summed E-state index contributed by atoms with van der Waals surface area (Å²) in [6.07, 6.45) is 1.06. The van der Waals surface area contributed by atoms with Gasteiger partial charge in [-0.1, -0.05) is 0 Å². The van der Waals surface area contributed by atoms with Crippen molar-refractivity contribution in [3.05, 3.63) is 38.2 Å². The Hall–Kier alpha value is -1.47. The smallest absolute Gasteiger partial charge is 0.345 e. The molecular formula is C9H5BrN2O3S. The van der Waals surface area contributed by atoms with Gasteiger partial charge in [-0.2, -0.15) is 0 Å². The van der Waals surface area contributed by atoms with Crippen molar-refractivity contribution in [3.63, 3.8) is 0 Å². The Morgan fingerprint density at radius 2 is 2.25 bits per heavy atom. The molecule has 0 aliphatic carbocycles. The van der Waals surface area contributed by atoms with Gasteiger partial charge in [0.2, 0.25) is 0 Å². The zero-order valence-corrected chi connectivity index (χ0v) is 10.1. The van der Waals surface area contributed by atoms with Crippen LogP contribution >= 0.6 is 27.3 Å². The average molecular weight is 301 g/mol. The molecule has 0 radical (unpaired) electrons. The van der Waals surface area contributed by atoms with Crippen LogP contribution in [-0.2, 0) is 0 Å². The van der Waals surface area contributed by atoms with E-state index in [9.17, 15) is 9.59 Å². The summed E-state index contributed by atoms with van der Waals surface area (Å²) in [5.74, 6) is -1.12. The van der Waals surface area contributed by atoms with Crippen LogP contribution < -0.4 is 5.69 Å². The van der Waals surface area contributed by atoms with E-state index < -0.39 is 11.7 Å². The molecule has 0 atom stereocenters. The van der Waals surface area contributed by atoms with Crippen molar-refractivity contribution in [1.82, 2.24) is 9.97 Å². The second-order valence-corrected chi connectivity index (χ2v) is 5.35. The highest BCUT2D eigenvalue weighted by Crippen LogP contribution is 2.31. The van der Waals surface area contributed by atoms with Crippen molar-refractivity contribution in [3.8, 4) is 10.6 Å². The van der Waals surface area contributed by atoms with Crippen molar-refractivity contribution in [2.24, 2.45) is 0 Å². The average Bonchev–Trinajstić information content (AvgIpc) is 2.64. The molecule has 5 nitrogen and oxygen atoms in total. The third-order valence-electron chi connectivity index (χ3n) is 1.86. The van der Waals surface area contributed by atoms with Gasteiger partial charge in [0.15, 0.2) is 0 Å². The van der Waals surface area contributed by atoms with Gasteiger partial charge < -0.3 is 10.1 Å².